The lowest BCUT2D eigenvalue weighted by Gasteiger charge is -2.07. The SMILES string of the molecule is CCOC(=O)CCCOc1ccc(O)c(C(=O)O)c1. The first-order valence-corrected chi connectivity index (χ1v) is 5.89. The molecule has 1 aromatic carbocycles. The number of aromatic hydroxyl groups is 1. The average Bonchev–Trinajstić information content (AvgIpc) is 2.36. The Labute approximate surface area is 110 Å². The molecule has 0 atom stereocenters. The summed E-state index contributed by atoms with van der Waals surface area (Å²) >= 11 is 0. The van der Waals surface area contributed by atoms with E-state index in [9.17, 15) is 14.7 Å². The van der Waals surface area contributed by atoms with Crippen molar-refractivity contribution >= 4 is 11.9 Å². The Morgan fingerprint density at radius 2 is 2.05 bits per heavy atom. The van der Waals surface area contributed by atoms with Gasteiger partial charge in [0.2, 0.25) is 0 Å². The van der Waals surface area contributed by atoms with E-state index in [0.29, 0.717) is 18.8 Å². The molecule has 19 heavy (non-hydrogen) atoms. The fraction of sp³-hybridized carbons (Fsp3) is 0.385. The van der Waals surface area contributed by atoms with Gasteiger partial charge in [-0.15, -0.1) is 0 Å². The molecule has 0 heterocycles. The number of carboxylic acids is 1. The summed E-state index contributed by atoms with van der Waals surface area (Å²) < 4.78 is 10.1. The van der Waals surface area contributed by atoms with E-state index >= 15 is 0 Å². The summed E-state index contributed by atoms with van der Waals surface area (Å²) in [4.78, 5) is 21.8. The van der Waals surface area contributed by atoms with Crippen LogP contribution in [0.2, 0.25) is 0 Å². The molecule has 1 aromatic rings. The van der Waals surface area contributed by atoms with Crippen LogP contribution in [-0.2, 0) is 9.53 Å². The third kappa shape index (κ3) is 4.87. The molecule has 0 radical (unpaired) electrons. The van der Waals surface area contributed by atoms with Crippen LogP contribution in [0.1, 0.15) is 30.1 Å². The highest BCUT2D eigenvalue weighted by Gasteiger charge is 2.10. The first-order chi connectivity index (χ1) is 9.04. The number of rotatable bonds is 7. The fourth-order valence-corrected chi connectivity index (χ4v) is 1.42. The summed E-state index contributed by atoms with van der Waals surface area (Å²) in [5, 5.41) is 18.1. The van der Waals surface area contributed by atoms with Crippen LogP contribution in [0.15, 0.2) is 18.2 Å². The van der Waals surface area contributed by atoms with Crippen molar-refractivity contribution in [2.75, 3.05) is 13.2 Å². The maximum Gasteiger partial charge on any atom is 0.339 e. The van der Waals surface area contributed by atoms with Crippen LogP contribution in [0.25, 0.3) is 0 Å². The highest BCUT2D eigenvalue weighted by atomic mass is 16.5. The van der Waals surface area contributed by atoms with Crippen molar-refractivity contribution in [3.8, 4) is 11.5 Å². The van der Waals surface area contributed by atoms with Gasteiger partial charge in [0.15, 0.2) is 0 Å². The molecule has 0 amide bonds. The van der Waals surface area contributed by atoms with Crippen LogP contribution in [0, 0.1) is 0 Å². The zero-order valence-electron chi connectivity index (χ0n) is 10.6. The minimum Gasteiger partial charge on any atom is -0.507 e. The standard InChI is InChI=1S/C13H16O6/c1-2-18-12(15)4-3-7-19-9-5-6-11(14)10(8-9)13(16)17/h5-6,8,14H,2-4,7H2,1H3,(H,16,17). The number of benzene rings is 1. The Morgan fingerprint density at radius 1 is 1.32 bits per heavy atom. The van der Waals surface area contributed by atoms with Crippen LogP contribution < -0.4 is 4.74 Å². The predicted octanol–water partition coefficient (Wildman–Crippen LogP) is 1.81. The second-order valence-corrected chi connectivity index (χ2v) is 3.74. The molecule has 1 rings (SSSR count). The number of carbonyl (C=O) groups is 2. The largest absolute Gasteiger partial charge is 0.507 e. The van der Waals surface area contributed by atoms with Crippen molar-refractivity contribution in [2.24, 2.45) is 0 Å². The van der Waals surface area contributed by atoms with Gasteiger partial charge in [0.25, 0.3) is 0 Å². The maximum atomic E-state index is 11.1. The highest BCUT2D eigenvalue weighted by molar-refractivity contribution is 5.91. The topological polar surface area (TPSA) is 93.1 Å². The van der Waals surface area contributed by atoms with Gasteiger partial charge in [-0.3, -0.25) is 4.79 Å². The van der Waals surface area contributed by atoms with Gasteiger partial charge >= 0.3 is 11.9 Å². The minimum atomic E-state index is -1.23. The molecule has 0 aliphatic heterocycles. The average molecular weight is 268 g/mol. The fourth-order valence-electron chi connectivity index (χ4n) is 1.42. The lowest BCUT2D eigenvalue weighted by molar-refractivity contribution is -0.143. The van der Waals surface area contributed by atoms with E-state index in [1.54, 1.807) is 6.92 Å². The normalized spacial score (nSPS) is 9.95. The van der Waals surface area contributed by atoms with Crippen molar-refractivity contribution in [3.05, 3.63) is 23.8 Å². The number of ether oxygens (including phenoxy) is 2. The highest BCUT2D eigenvalue weighted by Crippen LogP contribution is 2.23. The summed E-state index contributed by atoms with van der Waals surface area (Å²) in [7, 11) is 0. The second-order valence-electron chi connectivity index (χ2n) is 3.74. The first kappa shape index (κ1) is 14.8. The van der Waals surface area contributed by atoms with Gasteiger partial charge in [0, 0.05) is 6.42 Å². The Balaban J connectivity index is 2.44. The van der Waals surface area contributed by atoms with Gasteiger partial charge in [-0.05, 0) is 31.5 Å². The summed E-state index contributed by atoms with van der Waals surface area (Å²) in [6.07, 6.45) is 0.722. The van der Waals surface area contributed by atoms with Crippen molar-refractivity contribution in [3.63, 3.8) is 0 Å². The van der Waals surface area contributed by atoms with E-state index in [4.69, 9.17) is 14.6 Å². The van der Waals surface area contributed by atoms with Gasteiger partial charge in [-0.2, -0.15) is 0 Å². The molecule has 6 nitrogen and oxygen atoms in total. The molecule has 0 fully saturated rings. The minimum absolute atomic E-state index is 0.220. The predicted molar refractivity (Wildman–Crippen MR) is 66.4 cm³/mol. The number of phenols is 1. The molecule has 0 aliphatic carbocycles. The molecule has 2 N–H and O–H groups in total. The number of hydrogen-bond donors (Lipinski definition) is 2. The zero-order valence-corrected chi connectivity index (χ0v) is 10.6. The zero-order chi connectivity index (χ0) is 14.3. The van der Waals surface area contributed by atoms with E-state index in [1.807, 2.05) is 0 Å². The second kappa shape index (κ2) is 7.25. The molecular weight excluding hydrogens is 252 g/mol. The Kier molecular flexibility index (Phi) is 5.66. The van der Waals surface area contributed by atoms with E-state index in [-0.39, 0.29) is 30.3 Å². The Hall–Kier alpha value is -2.24. The molecule has 0 saturated heterocycles. The molecule has 0 aliphatic rings. The van der Waals surface area contributed by atoms with Gasteiger partial charge in [-0.25, -0.2) is 4.79 Å². The first-order valence-electron chi connectivity index (χ1n) is 5.89. The van der Waals surface area contributed by atoms with E-state index in [0.717, 1.165) is 0 Å². The Bertz CT molecular complexity index is 454. The summed E-state index contributed by atoms with van der Waals surface area (Å²) in [5.41, 5.74) is -0.220. The van der Waals surface area contributed by atoms with E-state index in [2.05, 4.69) is 0 Å². The molecule has 0 spiro atoms. The summed E-state index contributed by atoms with van der Waals surface area (Å²) in [6.45, 7) is 2.35. The van der Waals surface area contributed by atoms with Crippen molar-refractivity contribution in [1.29, 1.82) is 0 Å². The van der Waals surface area contributed by atoms with E-state index < -0.39 is 5.97 Å². The molecule has 6 heteroatoms. The smallest absolute Gasteiger partial charge is 0.339 e. The number of carboxylic acid groups (broad SMARTS) is 1. The third-order valence-corrected chi connectivity index (χ3v) is 2.30. The van der Waals surface area contributed by atoms with Crippen LogP contribution in [-0.4, -0.2) is 35.4 Å². The summed E-state index contributed by atoms with van der Waals surface area (Å²) in [6, 6.07) is 3.96. The van der Waals surface area contributed by atoms with Crippen molar-refractivity contribution in [2.45, 2.75) is 19.8 Å². The molecule has 0 unspecified atom stereocenters. The van der Waals surface area contributed by atoms with Gasteiger partial charge in [0.05, 0.1) is 13.2 Å². The maximum absolute atomic E-state index is 11.1. The Morgan fingerprint density at radius 3 is 2.68 bits per heavy atom. The number of esters is 1. The third-order valence-electron chi connectivity index (χ3n) is 2.30. The van der Waals surface area contributed by atoms with Crippen LogP contribution in [0.5, 0.6) is 11.5 Å². The van der Waals surface area contributed by atoms with Crippen LogP contribution in [0.3, 0.4) is 0 Å². The van der Waals surface area contributed by atoms with Crippen molar-refractivity contribution in [1.82, 2.24) is 0 Å². The molecule has 0 bridgehead atoms. The summed E-state index contributed by atoms with van der Waals surface area (Å²) in [5.74, 6) is -1.50. The number of carbonyl (C=O) groups excluding carboxylic acids is 1. The van der Waals surface area contributed by atoms with Gasteiger partial charge in [-0.1, -0.05) is 0 Å². The lowest BCUT2D eigenvalue weighted by atomic mass is 10.2. The quantitative estimate of drug-likeness (QED) is 0.578. The lowest BCUT2D eigenvalue weighted by Crippen LogP contribution is -2.07. The van der Waals surface area contributed by atoms with Crippen LogP contribution in [0.4, 0.5) is 0 Å². The molecule has 0 saturated carbocycles. The van der Waals surface area contributed by atoms with Gasteiger partial charge in [0.1, 0.15) is 17.1 Å². The number of aromatic carboxylic acids is 1. The number of hydrogen-bond acceptors (Lipinski definition) is 5. The van der Waals surface area contributed by atoms with Crippen LogP contribution >= 0.6 is 0 Å². The van der Waals surface area contributed by atoms with E-state index in [1.165, 1.54) is 18.2 Å². The molecule has 104 valence electrons. The monoisotopic (exact) mass is 268 g/mol. The molecular formula is C13H16O6. The van der Waals surface area contributed by atoms with Gasteiger partial charge < -0.3 is 19.7 Å². The van der Waals surface area contributed by atoms with Crippen molar-refractivity contribution < 1.29 is 29.3 Å². The molecule has 0 aromatic heterocycles.